The first-order valence-corrected chi connectivity index (χ1v) is 7.73. The number of hydrogen-bond acceptors (Lipinski definition) is 3. The van der Waals surface area contributed by atoms with Gasteiger partial charge in [0.2, 0.25) is 0 Å². The molecule has 1 saturated heterocycles. The van der Waals surface area contributed by atoms with Crippen molar-refractivity contribution in [3.8, 4) is 0 Å². The van der Waals surface area contributed by atoms with Gasteiger partial charge in [0.15, 0.2) is 0 Å². The summed E-state index contributed by atoms with van der Waals surface area (Å²) in [4.78, 5) is 7.31. The van der Waals surface area contributed by atoms with Gasteiger partial charge < -0.3 is 10.2 Å². The minimum absolute atomic E-state index is 0.849. The van der Waals surface area contributed by atoms with Gasteiger partial charge in [-0.15, -0.1) is 0 Å². The Morgan fingerprint density at radius 3 is 2.75 bits per heavy atom. The van der Waals surface area contributed by atoms with E-state index in [9.17, 15) is 0 Å². The first-order valence-electron chi connectivity index (χ1n) is 7.73. The van der Waals surface area contributed by atoms with Crippen LogP contribution in [-0.4, -0.2) is 24.6 Å². The predicted octanol–water partition coefficient (Wildman–Crippen LogP) is 3.33. The number of rotatable bonds is 4. The maximum Gasteiger partial charge on any atom is 0.0726 e. The maximum atomic E-state index is 4.78. The molecule has 1 N–H and O–H groups in total. The highest BCUT2D eigenvalue weighted by molar-refractivity contribution is 5.92. The molecule has 3 nitrogen and oxygen atoms in total. The van der Waals surface area contributed by atoms with Crippen LogP contribution in [-0.2, 0) is 6.54 Å². The van der Waals surface area contributed by atoms with Crippen LogP contribution in [0.4, 0.5) is 5.69 Å². The lowest BCUT2D eigenvalue weighted by atomic mass is 10.1. The monoisotopic (exact) mass is 269 g/mol. The van der Waals surface area contributed by atoms with Crippen LogP contribution >= 0.6 is 0 Å². The zero-order chi connectivity index (χ0) is 13.8. The minimum atomic E-state index is 0.849. The van der Waals surface area contributed by atoms with Gasteiger partial charge in [-0.25, -0.2) is 0 Å². The van der Waals surface area contributed by atoms with E-state index in [2.05, 4.69) is 47.5 Å². The smallest absolute Gasteiger partial charge is 0.0726 e. The summed E-state index contributed by atoms with van der Waals surface area (Å²) in [5, 5.41) is 4.67. The summed E-state index contributed by atoms with van der Waals surface area (Å²) in [6.45, 7) is 6.31. The van der Waals surface area contributed by atoms with Gasteiger partial charge in [0.05, 0.1) is 11.2 Å². The van der Waals surface area contributed by atoms with Crippen LogP contribution in [0.15, 0.2) is 30.3 Å². The third-order valence-electron chi connectivity index (χ3n) is 4.00. The molecule has 0 spiro atoms. The molecule has 0 atom stereocenters. The van der Waals surface area contributed by atoms with Gasteiger partial charge in [-0.1, -0.05) is 25.1 Å². The predicted molar refractivity (Wildman–Crippen MR) is 85.2 cm³/mol. The zero-order valence-corrected chi connectivity index (χ0v) is 12.2. The molecule has 1 aliphatic heterocycles. The fourth-order valence-corrected chi connectivity index (χ4v) is 2.95. The molecule has 0 radical (unpaired) electrons. The number of para-hydroxylation sites is 1. The molecular weight excluding hydrogens is 246 g/mol. The van der Waals surface area contributed by atoms with Crippen LogP contribution in [0.5, 0.6) is 0 Å². The third-order valence-corrected chi connectivity index (χ3v) is 4.00. The van der Waals surface area contributed by atoms with E-state index in [1.165, 1.54) is 43.4 Å². The summed E-state index contributed by atoms with van der Waals surface area (Å²) in [6.07, 6.45) is 3.97. The largest absolute Gasteiger partial charge is 0.371 e. The van der Waals surface area contributed by atoms with E-state index in [1.54, 1.807) is 0 Å². The molecule has 0 bridgehead atoms. The Morgan fingerprint density at radius 2 is 1.95 bits per heavy atom. The number of aromatic nitrogens is 1. The lowest BCUT2D eigenvalue weighted by molar-refractivity contribution is 0.578. The second-order valence-electron chi connectivity index (χ2n) is 5.48. The molecule has 1 aromatic heterocycles. The summed E-state index contributed by atoms with van der Waals surface area (Å²) >= 11 is 0. The molecule has 2 aromatic rings. The highest BCUT2D eigenvalue weighted by Crippen LogP contribution is 2.29. The molecule has 106 valence electrons. The molecule has 1 fully saturated rings. The third kappa shape index (κ3) is 2.78. The number of nitrogens with zero attached hydrogens (tertiary/aromatic N) is 2. The second kappa shape index (κ2) is 6.23. The van der Waals surface area contributed by atoms with Crippen LogP contribution in [0.25, 0.3) is 10.9 Å². The van der Waals surface area contributed by atoms with E-state index in [0.29, 0.717) is 0 Å². The summed E-state index contributed by atoms with van der Waals surface area (Å²) in [6, 6.07) is 10.8. The van der Waals surface area contributed by atoms with Gasteiger partial charge in [-0.2, -0.15) is 0 Å². The minimum Gasteiger partial charge on any atom is -0.371 e. The summed E-state index contributed by atoms with van der Waals surface area (Å²) in [5.41, 5.74) is 3.62. The highest BCUT2D eigenvalue weighted by atomic mass is 15.1. The molecule has 20 heavy (non-hydrogen) atoms. The topological polar surface area (TPSA) is 28.2 Å². The van der Waals surface area contributed by atoms with Crippen LogP contribution < -0.4 is 10.2 Å². The highest BCUT2D eigenvalue weighted by Gasteiger charge is 2.15. The van der Waals surface area contributed by atoms with Crippen molar-refractivity contribution < 1.29 is 0 Å². The van der Waals surface area contributed by atoms with E-state index in [1.807, 2.05) is 0 Å². The summed E-state index contributed by atoms with van der Waals surface area (Å²) in [5.74, 6) is 0. The van der Waals surface area contributed by atoms with Crippen molar-refractivity contribution in [2.75, 3.05) is 24.5 Å². The van der Waals surface area contributed by atoms with E-state index in [4.69, 9.17) is 4.98 Å². The molecule has 0 saturated carbocycles. The molecule has 1 aromatic carbocycles. The van der Waals surface area contributed by atoms with Crippen molar-refractivity contribution in [1.82, 2.24) is 10.3 Å². The van der Waals surface area contributed by atoms with Gasteiger partial charge in [0.25, 0.3) is 0 Å². The SMILES string of the molecule is CCNCc1cc(N2CCCCC2)c2ccccc2n1. The van der Waals surface area contributed by atoms with Crippen molar-refractivity contribution in [3.63, 3.8) is 0 Å². The van der Waals surface area contributed by atoms with Crippen molar-refractivity contribution in [2.45, 2.75) is 32.7 Å². The average Bonchev–Trinajstić information content (AvgIpc) is 2.53. The van der Waals surface area contributed by atoms with Crippen LogP contribution in [0, 0.1) is 0 Å². The molecule has 1 aliphatic rings. The zero-order valence-electron chi connectivity index (χ0n) is 12.2. The number of anilines is 1. The Kier molecular flexibility index (Phi) is 4.16. The lowest BCUT2D eigenvalue weighted by Gasteiger charge is -2.30. The molecule has 3 rings (SSSR count). The van der Waals surface area contributed by atoms with E-state index < -0.39 is 0 Å². The summed E-state index contributed by atoms with van der Waals surface area (Å²) < 4.78 is 0. The average molecular weight is 269 g/mol. The Hall–Kier alpha value is -1.61. The number of nitrogens with one attached hydrogen (secondary N) is 1. The molecule has 3 heteroatoms. The van der Waals surface area contributed by atoms with Crippen LogP contribution in [0.1, 0.15) is 31.9 Å². The molecule has 2 heterocycles. The normalized spacial score (nSPS) is 15.8. The van der Waals surface area contributed by atoms with E-state index in [0.717, 1.165) is 24.3 Å². The Balaban J connectivity index is 2.02. The number of hydrogen-bond donors (Lipinski definition) is 1. The van der Waals surface area contributed by atoms with Gasteiger partial charge in [-0.3, -0.25) is 4.98 Å². The second-order valence-corrected chi connectivity index (χ2v) is 5.48. The summed E-state index contributed by atoms with van der Waals surface area (Å²) in [7, 11) is 0. The standard InChI is InChI=1S/C17H23N3/c1-2-18-13-14-12-17(20-10-6-3-7-11-20)15-8-4-5-9-16(15)19-14/h4-5,8-9,12,18H,2-3,6-7,10-11,13H2,1H3. The van der Waals surface area contributed by atoms with Gasteiger partial charge >= 0.3 is 0 Å². The van der Waals surface area contributed by atoms with E-state index >= 15 is 0 Å². The number of piperidine rings is 1. The number of pyridine rings is 1. The Bertz CT molecular complexity index is 573. The quantitative estimate of drug-likeness (QED) is 0.922. The fraction of sp³-hybridized carbons (Fsp3) is 0.471. The van der Waals surface area contributed by atoms with E-state index in [-0.39, 0.29) is 0 Å². The van der Waals surface area contributed by atoms with Crippen molar-refractivity contribution in [3.05, 3.63) is 36.0 Å². The molecule has 0 amide bonds. The number of benzene rings is 1. The Morgan fingerprint density at radius 1 is 1.15 bits per heavy atom. The molecule has 0 unspecified atom stereocenters. The maximum absolute atomic E-state index is 4.78. The van der Waals surface area contributed by atoms with Crippen LogP contribution in [0.2, 0.25) is 0 Å². The first kappa shape index (κ1) is 13.4. The van der Waals surface area contributed by atoms with Gasteiger partial charge in [-0.05, 0) is 37.9 Å². The molecular formula is C17H23N3. The van der Waals surface area contributed by atoms with Crippen molar-refractivity contribution >= 4 is 16.6 Å². The van der Waals surface area contributed by atoms with Gasteiger partial charge in [0, 0.05) is 30.7 Å². The van der Waals surface area contributed by atoms with Crippen molar-refractivity contribution in [2.24, 2.45) is 0 Å². The van der Waals surface area contributed by atoms with Gasteiger partial charge in [0.1, 0.15) is 0 Å². The van der Waals surface area contributed by atoms with Crippen molar-refractivity contribution in [1.29, 1.82) is 0 Å². The first-order chi connectivity index (χ1) is 9.88. The molecule has 0 aliphatic carbocycles. The fourth-order valence-electron chi connectivity index (χ4n) is 2.95. The van der Waals surface area contributed by atoms with Crippen LogP contribution in [0.3, 0.4) is 0 Å². The lowest BCUT2D eigenvalue weighted by Crippen LogP contribution is -2.29. The number of fused-ring (bicyclic) bond motifs is 1. The Labute approximate surface area is 121 Å².